The number of aryl methyl sites for hydroxylation is 2. The lowest BCUT2D eigenvalue weighted by molar-refractivity contribution is -0.130. The summed E-state index contributed by atoms with van der Waals surface area (Å²) in [5, 5.41) is 0. The quantitative estimate of drug-likeness (QED) is 0.603. The minimum atomic E-state index is 0.0438. The lowest BCUT2D eigenvalue weighted by Crippen LogP contribution is -2.31. The number of benzene rings is 2. The monoisotopic (exact) mass is 364 g/mol. The van der Waals surface area contributed by atoms with Crippen LogP contribution in [-0.2, 0) is 11.2 Å². The van der Waals surface area contributed by atoms with Gasteiger partial charge < -0.3 is 14.1 Å². The SMILES string of the molecule is Cc1cccc(OCCN(C)C(=O)CCc2ncc(-c3ccccc3)o2)c1. The molecule has 0 bridgehead atoms. The summed E-state index contributed by atoms with van der Waals surface area (Å²) in [4.78, 5) is 18.2. The molecule has 0 aliphatic rings. The van der Waals surface area contributed by atoms with Crippen LogP contribution in [0.25, 0.3) is 11.3 Å². The Hall–Kier alpha value is -3.08. The van der Waals surface area contributed by atoms with Crippen LogP contribution < -0.4 is 4.74 Å². The van der Waals surface area contributed by atoms with Crippen LogP contribution in [0.15, 0.2) is 65.2 Å². The van der Waals surface area contributed by atoms with Crippen molar-refractivity contribution >= 4 is 5.91 Å². The molecule has 3 aromatic rings. The molecule has 1 amide bonds. The molecule has 5 nitrogen and oxygen atoms in total. The molecule has 1 heterocycles. The van der Waals surface area contributed by atoms with Crippen molar-refractivity contribution in [2.75, 3.05) is 20.2 Å². The fraction of sp³-hybridized carbons (Fsp3) is 0.273. The van der Waals surface area contributed by atoms with Gasteiger partial charge >= 0.3 is 0 Å². The molecule has 0 radical (unpaired) electrons. The van der Waals surface area contributed by atoms with Crippen LogP contribution in [0.4, 0.5) is 0 Å². The van der Waals surface area contributed by atoms with Gasteiger partial charge in [0.15, 0.2) is 11.7 Å². The average molecular weight is 364 g/mol. The van der Waals surface area contributed by atoms with E-state index in [2.05, 4.69) is 4.98 Å². The highest BCUT2D eigenvalue weighted by atomic mass is 16.5. The number of rotatable bonds is 8. The summed E-state index contributed by atoms with van der Waals surface area (Å²) >= 11 is 0. The zero-order valence-electron chi connectivity index (χ0n) is 15.7. The van der Waals surface area contributed by atoms with Crippen molar-refractivity contribution in [1.29, 1.82) is 0 Å². The zero-order valence-corrected chi connectivity index (χ0v) is 15.7. The lowest BCUT2D eigenvalue weighted by Gasteiger charge is -2.17. The first-order valence-corrected chi connectivity index (χ1v) is 9.05. The van der Waals surface area contributed by atoms with E-state index in [4.69, 9.17) is 9.15 Å². The number of amides is 1. The topological polar surface area (TPSA) is 55.6 Å². The van der Waals surface area contributed by atoms with Crippen molar-refractivity contribution in [2.24, 2.45) is 0 Å². The zero-order chi connectivity index (χ0) is 19.1. The maximum absolute atomic E-state index is 12.3. The molecule has 0 unspecified atom stereocenters. The van der Waals surface area contributed by atoms with E-state index in [1.54, 1.807) is 18.1 Å². The number of carbonyl (C=O) groups is 1. The van der Waals surface area contributed by atoms with Gasteiger partial charge in [0.1, 0.15) is 12.4 Å². The molecule has 0 aliphatic carbocycles. The highest BCUT2D eigenvalue weighted by Crippen LogP contribution is 2.20. The van der Waals surface area contributed by atoms with Gasteiger partial charge in [-0.1, -0.05) is 42.5 Å². The number of oxazole rings is 1. The second kappa shape index (κ2) is 9.03. The Morgan fingerprint density at radius 1 is 1.15 bits per heavy atom. The predicted octanol–water partition coefficient (Wildman–Crippen LogP) is 4.12. The van der Waals surface area contributed by atoms with E-state index in [0.717, 1.165) is 22.6 Å². The maximum Gasteiger partial charge on any atom is 0.222 e. The molecule has 3 rings (SSSR count). The van der Waals surface area contributed by atoms with Crippen LogP contribution in [0.2, 0.25) is 0 Å². The molecule has 0 spiro atoms. The van der Waals surface area contributed by atoms with Crippen LogP contribution in [0, 0.1) is 6.92 Å². The highest BCUT2D eigenvalue weighted by molar-refractivity contribution is 5.76. The van der Waals surface area contributed by atoms with Gasteiger partial charge in [-0.25, -0.2) is 4.98 Å². The summed E-state index contributed by atoms with van der Waals surface area (Å²) in [7, 11) is 1.78. The molecule has 0 aliphatic heterocycles. The first-order chi connectivity index (χ1) is 13.1. The third-order valence-electron chi connectivity index (χ3n) is 4.28. The Morgan fingerprint density at radius 2 is 1.96 bits per heavy atom. The van der Waals surface area contributed by atoms with Gasteiger partial charge in [-0.05, 0) is 24.6 Å². The van der Waals surface area contributed by atoms with Gasteiger partial charge in [0.2, 0.25) is 5.91 Å². The minimum Gasteiger partial charge on any atom is -0.492 e. The van der Waals surface area contributed by atoms with Crippen LogP contribution in [0.5, 0.6) is 5.75 Å². The number of nitrogens with zero attached hydrogens (tertiary/aromatic N) is 2. The summed E-state index contributed by atoms with van der Waals surface area (Å²) in [6.07, 6.45) is 2.54. The smallest absolute Gasteiger partial charge is 0.222 e. The average Bonchev–Trinajstić information content (AvgIpc) is 3.16. The normalized spacial score (nSPS) is 10.6. The molecular weight excluding hydrogens is 340 g/mol. The molecule has 0 atom stereocenters. The summed E-state index contributed by atoms with van der Waals surface area (Å²) in [5.41, 5.74) is 2.13. The molecule has 1 aromatic heterocycles. The first kappa shape index (κ1) is 18.7. The largest absolute Gasteiger partial charge is 0.492 e. The van der Waals surface area contributed by atoms with Crippen LogP contribution in [-0.4, -0.2) is 36.0 Å². The van der Waals surface area contributed by atoms with Crippen molar-refractivity contribution in [3.8, 4) is 17.1 Å². The van der Waals surface area contributed by atoms with Gasteiger partial charge in [-0.2, -0.15) is 0 Å². The number of hydrogen-bond donors (Lipinski definition) is 0. The molecule has 140 valence electrons. The minimum absolute atomic E-state index is 0.0438. The third-order valence-corrected chi connectivity index (χ3v) is 4.28. The molecule has 27 heavy (non-hydrogen) atoms. The Kier molecular flexibility index (Phi) is 6.26. The molecule has 0 fully saturated rings. The van der Waals surface area contributed by atoms with E-state index in [1.807, 2.05) is 61.5 Å². The summed E-state index contributed by atoms with van der Waals surface area (Å²) in [6.45, 7) is 3.02. The number of hydrogen-bond acceptors (Lipinski definition) is 4. The van der Waals surface area contributed by atoms with Crippen molar-refractivity contribution < 1.29 is 13.9 Å². The van der Waals surface area contributed by atoms with Gasteiger partial charge in [0.05, 0.1) is 12.7 Å². The van der Waals surface area contributed by atoms with E-state index in [0.29, 0.717) is 31.9 Å². The number of likely N-dealkylation sites (N-methyl/N-ethyl adjacent to an activating group) is 1. The van der Waals surface area contributed by atoms with Crippen LogP contribution >= 0.6 is 0 Å². The van der Waals surface area contributed by atoms with Crippen LogP contribution in [0.3, 0.4) is 0 Å². The number of ether oxygens (including phenoxy) is 1. The second-order valence-electron chi connectivity index (χ2n) is 6.46. The molecule has 0 saturated carbocycles. The number of carbonyl (C=O) groups excluding carboxylic acids is 1. The maximum atomic E-state index is 12.3. The molecular formula is C22H24N2O3. The van der Waals surface area contributed by atoms with Crippen LogP contribution in [0.1, 0.15) is 17.9 Å². The fourth-order valence-electron chi connectivity index (χ4n) is 2.70. The first-order valence-electron chi connectivity index (χ1n) is 9.05. The van der Waals surface area contributed by atoms with E-state index < -0.39 is 0 Å². The van der Waals surface area contributed by atoms with Gasteiger partial charge in [-0.15, -0.1) is 0 Å². The second-order valence-corrected chi connectivity index (χ2v) is 6.46. The van der Waals surface area contributed by atoms with E-state index >= 15 is 0 Å². The van der Waals surface area contributed by atoms with Crippen molar-refractivity contribution in [1.82, 2.24) is 9.88 Å². The van der Waals surface area contributed by atoms with Crippen molar-refractivity contribution in [3.05, 3.63) is 72.2 Å². The van der Waals surface area contributed by atoms with Gasteiger partial charge in [0, 0.05) is 25.5 Å². The molecule has 5 heteroatoms. The number of aromatic nitrogens is 1. The Bertz CT molecular complexity index is 874. The lowest BCUT2D eigenvalue weighted by atomic mass is 10.2. The van der Waals surface area contributed by atoms with E-state index in [9.17, 15) is 4.79 Å². The summed E-state index contributed by atoms with van der Waals surface area (Å²) < 4.78 is 11.4. The predicted molar refractivity (Wildman–Crippen MR) is 105 cm³/mol. The molecule has 0 N–H and O–H groups in total. The van der Waals surface area contributed by atoms with Crippen molar-refractivity contribution in [2.45, 2.75) is 19.8 Å². The third kappa shape index (κ3) is 5.45. The van der Waals surface area contributed by atoms with E-state index in [1.165, 1.54) is 0 Å². The van der Waals surface area contributed by atoms with Crippen molar-refractivity contribution in [3.63, 3.8) is 0 Å². The fourth-order valence-corrected chi connectivity index (χ4v) is 2.70. The molecule has 0 saturated heterocycles. The van der Waals surface area contributed by atoms with Gasteiger partial charge in [-0.3, -0.25) is 4.79 Å². The summed E-state index contributed by atoms with van der Waals surface area (Å²) in [5.74, 6) is 2.16. The highest BCUT2D eigenvalue weighted by Gasteiger charge is 2.12. The Balaban J connectivity index is 1.43. The summed E-state index contributed by atoms with van der Waals surface area (Å²) in [6, 6.07) is 17.7. The Morgan fingerprint density at radius 3 is 2.74 bits per heavy atom. The van der Waals surface area contributed by atoms with Gasteiger partial charge in [0.25, 0.3) is 0 Å². The Labute approximate surface area is 159 Å². The van der Waals surface area contributed by atoms with E-state index in [-0.39, 0.29) is 5.91 Å². The standard InChI is InChI=1S/C22H24N2O3/c1-17-7-6-10-19(15-17)26-14-13-24(2)22(25)12-11-21-23-16-20(27-21)18-8-4-3-5-9-18/h3-10,15-16H,11-14H2,1-2H3. The molecule has 2 aromatic carbocycles.